The van der Waals surface area contributed by atoms with Crippen molar-refractivity contribution in [3.05, 3.63) is 35.4 Å². The van der Waals surface area contributed by atoms with Gasteiger partial charge in [-0.1, -0.05) is 30.7 Å². The van der Waals surface area contributed by atoms with Crippen LogP contribution in [0, 0.1) is 0 Å². The van der Waals surface area contributed by atoms with Gasteiger partial charge in [0, 0.05) is 19.1 Å². The lowest BCUT2D eigenvalue weighted by atomic mass is 10.0. The van der Waals surface area contributed by atoms with E-state index < -0.39 is 0 Å². The van der Waals surface area contributed by atoms with Crippen LogP contribution in [0.1, 0.15) is 30.4 Å². The van der Waals surface area contributed by atoms with Crippen molar-refractivity contribution in [1.29, 1.82) is 0 Å². The second-order valence-electron chi connectivity index (χ2n) is 5.78. The number of ether oxygens (including phenoxy) is 1. The summed E-state index contributed by atoms with van der Waals surface area (Å²) >= 11 is 0. The Bertz CT molecular complexity index is 462. The van der Waals surface area contributed by atoms with Crippen LogP contribution in [0.25, 0.3) is 0 Å². The number of hydrogen-bond donors (Lipinski definition) is 1. The average molecular weight is 290 g/mol. The predicted molar refractivity (Wildman–Crippen MR) is 84.1 cm³/mol. The Morgan fingerprint density at radius 2 is 2.10 bits per heavy atom. The smallest absolute Gasteiger partial charge is 0.309 e. The molecule has 0 saturated carbocycles. The molecule has 4 nitrogen and oxygen atoms in total. The summed E-state index contributed by atoms with van der Waals surface area (Å²) in [7, 11) is 3.64. The first-order chi connectivity index (χ1) is 10.2. The van der Waals surface area contributed by atoms with Crippen LogP contribution in [0.2, 0.25) is 0 Å². The fraction of sp³-hybridized carbons (Fsp3) is 0.588. The normalized spacial score (nSPS) is 19.4. The van der Waals surface area contributed by atoms with Gasteiger partial charge in [0.2, 0.25) is 0 Å². The van der Waals surface area contributed by atoms with Crippen molar-refractivity contribution in [1.82, 2.24) is 10.2 Å². The van der Waals surface area contributed by atoms with Crippen molar-refractivity contribution >= 4 is 5.97 Å². The number of carbonyl (C=O) groups excluding carboxylic acids is 1. The van der Waals surface area contributed by atoms with Gasteiger partial charge in [0.1, 0.15) is 0 Å². The van der Waals surface area contributed by atoms with Crippen LogP contribution >= 0.6 is 0 Å². The van der Waals surface area contributed by atoms with Gasteiger partial charge >= 0.3 is 5.97 Å². The molecule has 0 bridgehead atoms. The first-order valence-electron chi connectivity index (χ1n) is 7.75. The Morgan fingerprint density at radius 1 is 1.33 bits per heavy atom. The Morgan fingerprint density at radius 3 is 2.81 bits per heavy atom. The van der Waals surface area contributed by atoms with Gasteiger partial charge in [0.05, 0.1) is 13.5 Å². The number of rotatable bonds is 6. The molecule has 0 aromatic heterocycles. The Kier molecular flexibility index (Phi) is 6.21. The summed E-state index contributed by atoms with van der Waals surface area (Å²) in [6.45, 7) is 3.01. The molecular formula is C17H26N2O2. The van der Waals surface area contributed by atoms with Crippen LogP contribution in [0.5, 0.6) is 0 Å². The van der Waals surface area contributed by atoms with Crippen LogP contribution in [0.4, 0.5) is 0 Å². The minimum absolute atomic E-state index is 0.186. The minimum Gasteiger partial charge on any atom is -0.469 e. The molecule has 0 aliphatic carbocycles. The number of nitrogens with zero attached hydrogens (tertiary/aromatic N) is 1. The standard InChI is InChI=1S/C17H26N2O2/c1-19-10-6-5-9-16(19)13-18-12-15-8-4-3-7-14(15)11-17(20)21-2/h3-4,7-8,16,18H,5-6,9-13H2,1-2H3. The van der Waals surface area contributed by atoms with Gasteiger partial charge in [-0.3, -0.25) is 4.79 Å². The highest BCUT2D eigenvalue weighted by atomic mass is 16.5. The summed E-state index contributed by atoms with van der Waals surface area (Å²) in [5.41, 5.74) is 2.23. The van der Waals surface area contributed by atoms with Crippen LogP contribution in [0.3, 0.4) is 0 Å². The molecule has 0 radical (unpaired) electrons. The van der Waals surface area contributed by atoms with Gasteiger partial charge in [-0.2, -0.15) is 0 Å². The topological polar surface area (TPSA) is 41.6 Å². The first kappa shape index (κ1) is 16.0. The zero-order chi connectivity index (χ0) is 15.1. The van der Waals surface area contributed by atoms with Crippen molar-refractivity contribution in [3.8, 4) is 0 Å². The Hall–Kier alpha value is -1.39. The SMILES string of the molecule is COC(=O)Cc1ccccc1CNCC1CCCCN1C. The molecule has 4 heteroatoms. The quantitative estimate of drug-likeness (QED) is 0.813. The molecule has 0 amide bonds. The summed E-state index contributed by atoms with van der Waals surface area (Å²) in [6.07, 6.45) is 4.26. The number of carbonyl (C=O) groups is 1. The van der Waals surface area contributed by atoms with E-state index in [1.165, 1.54) is 38.5 Å². The highest BCUT2D eigenvalue weighted by Gasteiger charge is 2.18. The fourth-order valence-corrected chi connectivity index (χ4v) is 2.91. The summed E-state index contributed by atoms with van der Waals surface area (Å²) in [5, 5.41) is 3.54. The van der Waals surface area contributed by atoms with Crippen LogP contribution < -0.4 is 5.32 Å². The average Bonchev–Trinajstić information content (AvgIpc) is 2.50. The van der Waals surface area contributed by atoms with E-state index >= 15 is 0 Å². The van der Waals surface area contributed by atoms with Crippen LogP contribution in [-0.4, -0.2) is 44.2 Å². The number of benzene rings is 1. The number of esters is 1. The highest BCUT2D eigenvalue weighted by molar-refractivity contribution is 5.72. The van der Waals surface area contributed by atoms with Crippen molar-refractivity contribution in [2.45, 2.75) is 38.3 Å². The molecule has 1 aliphatic rings. The first-order valence-corrected chi connectivity index (χ1v) is 7.75. The van der Waals surface area contributed by atoms with Crippen LogP contribution in [0.15, 0.2) is 24.3 Å². The van der Waals surface area contributed by atoms with E-state index in [-0.39, 0.29) is 5.97 Å². The maximum absolute atomic E-state index is 11.4. The molecule has 0 spiro atoms. The zero-order valence-electron chi connectivity index (χ0n) is 13.1. The fourth-order valence-electron chi connectivity index (χ4n) is 2.91. The summed E-state index contributed by atoms with van der Waals surface area (Å²) in [4.78, 5) is 13.9. The van der Waals surface area contributed by atoms with Gasteiger partial charge in [-0.15, -0.1) is 0 Å². The lowest BCUT2D eigenvalue weighted by Gasteiger charge is -2.32. The van der Waals surface area contributed by atoms with Gasteiger partial charge in [-0.05, 0) is 37.6 Å². The number of methoxy groups -OCH3 is 1. The number of hydrogen-bond acceptors (Lipinski definition) is 4. The number of nitrogens with one attached hydrogen (secondary N) is 1. The lowest BCUT2D eigenvalue weighted by Crippen LogP contribution is -2.42. The highest BCUT2D eigenvalue weighted by Crippen LogP contribution is 2.15. The molecule has 1 aromatic rings. The van der Waals surface area contributed by atoms with E-state index in [0.29, 0.717) is 12.5 Å². The summed E-state index contributed by atoms with van der Waals surface area (Å²) in [6, 6.07) is 8.70. The van der Waals surface area contributed by atoms with Gasteiger partial charge in [0.25, 0.3) is 0 Å². The van der Waals surface area contributed by atoms with E-state index in [0.717, 1.165) is 18.7 Å². The number of likely N-dealkylation sites (tertiary alicyclic amines) is 1. The van der Waals surface area contributed by atoms with E-state index in [1.807, 2.05) is 18.2 Å². The van der Waals surface area contributed by atoms with Crippen molar-refractivity contribution in [2.24, 2.45) is 0 Å². The maximum atomic E-state index is 11.4. The summed E-state index contributed by atoms with van der Waals surface area (Å²) < 4.78 is 4.76. The molecule has 1 fully saturated rings. The third-order valence-corrected chi connectivity index (χ3v) is 4.30. The lowest BCUT2D eigenvalue weighted by molar-refractivity contribution is -0.139. The predicted octanol–water partition coefficient (Wildman–Crippen LogP) is 1.98. The van der Waals surface area contributed by atoms with Gasteiger partial charge < -0.3 is 15.0 Å². The molecule has 21 heavy (non-hydrogen) atoms. The maximum Gasteiger partial charge on any atom is 0.309 e. The zero-order valence-corrected chi connectivity index (χ0v) is 13.1. The molecule has 1 aliphatic heterocycles. The molecule has 1 N–H and O–H groups in total. The van der Waals surface area contributed by atoms with Crippen LogP contribution in [-0.2, 0) is 22.5 Å². The van der Waals surface area contributed by atoms with E-state index in [9.17, 15) is 4.79 Å². The van der Waals surface area contributed by atoms with Crippen molar-refractivity contribution < 1.29 is 9.53 Å². The molecule has 1 saturated heterocycles. The molecule has 2 rings (SSSR count). The summed E-state index contributed by atoms with van der Waals surface area (Å²) in [5.74, 6) is -0.186. The number of piperidine rings is 1. The van der Waals surface area contributed by atoms with Gasteiger partial charge in [0.15, 0.2) is 0 Å². The monoisotopic (exact) mass is 290 g/mol. The largest absolute Gasteiger partial charge is 0.469 e. The molecular weight excluding hydrogens is 264 g/mol. The molecule has 1 atom stereocenters. The minimum atomic E-state index is -0.186. The van der Waals surface area contributed by atoms with E-state index in [2.05, 4.69) is 23.3 Å². The third kappa shape index (κ3) is 4.83. The molecule has 1 aromatic carbocycles. The Labute approximate surface area is 127 Å². The van der Waals surface area contributed by atoms with Crippen molar-refractivity contribution in [2.75, 3.05) is 27.2 Å². The second-order valence-corrected chi connectivity index (χ2v) is 5.78. The molecule has 1 heterocycles. The van der Waals surface area contributed by atoms with Gasteiger partial charge in [-0.25, -0.2) is 0 Å². The van der Waals surface area contributed by atoms with E-state index in [4.69, 9.17) is 4.74 Å². The molecule has 1 unspecified atom stereocenters. The van der Waals surface area contributed by atoms with Crippen molar-refractivity contribution in [3.63, 3.8) is 0 Å². The number of likely N-dealkylation sites (N-methyl/N-ethyl adjacent to an activating group) is 1. The second kappa shape index (κ2) is 8.15. The van der Waals surface area contributed by atoms with E-state index in [1.54, 1.807) is 0 Å². The third-order valence-electron chi connectivity index (χ3n) is 4.30. The Balaban J connectivity index is 1.86. The molecule has 116 valence electrons.